The van der Waals surface area contributed by atoms with Crippen molar-refractivity contribution in [3.8, 4) is 11.5 Å². The van der Waals surface area contributed by atoms with Crippen LogP contribution in [0.25, 0.3) is 0 Å². The summed E-state index contributed by atoms with van der Waals surface area (Å²) in [6.45, 7) is 1.85. The summed E-state index contributed by atoms with van der Waals surface area (Å²) in [4.78, 5) is 21.4. The molecule has 1 rings (SSSR count). The van der Waals surface area contributed by atoms with Crippen molar-refractivity contribution in [2.45, 2.75) is 19.8 Å². The van der Waals surface area contributed by atoms with Crippen molar-refractivity contribution >= 4 is 11.5 Å². The summed E-state index contributed by atoms with van der Waals surface area (Å²) < 4.78 is 10.3. The highest BCUT2D eigenvalue weighted by atomic mass is 16.6. The number of rotatable bonds is 7. The number of carbonyl (C=O) groups is 1. The first kappa shape index (κ1) is 14.0. The lowest BCUT2D eigenvalue weighted by Gasteiger charge is -2.09. The highest BCUT2D eigenvalue weighted by molar-refractivity contribution is 5.79. The molecule has 0 heterocycles. The van der Waals surface area contributed by atoms with Gasteiger partial charge in [-0.05, 0) is 12.5 Å². The molecule has 0 N–H and O–H groups in total. The molecule has 0 bridgehead atoms. The minimum atomic E-state index is -0.519. The number of non-ortho nitro benzene ring substituents is 1. The van der Waals surface area contributed by atoms with E-state index in [2.05, 4.69) is 0 Å². The Bertz CT molecular complexity index is 444. The number of methoxy groups -OCH3 is 1. The fourth-order valence-electron chi connectivity index (χ4n) is 1.40. The topological polar surface area (TPSA) is 78.7 Å². The predicted molar refractivity (Wildman–Crippen MR) is 65.1 cm³/mol. The number of carbonyl (C=O) groups excluding carboxylic acids is 1. The molecule has 0 aliphatic rings. The van der Waals surface area contributed by atoms with Gasteiger partial charge in [0.1, 0.15) is 6.61 Å². The SMILES string of the molecule is CCCC(=O)COc1ccc([N+](=O)[O-])cc1OC. The van der Waals surface area contributed by atoms with Gasteiger partial charge in [0.2, 0.25) is 0 Å². The molecule has 0 aromatic heterocycles. The second-order valence-electron chi connectivity index (χ2n) is 3.67. The second kappa shape index (κ2) is 6.58. The van der Waals surface area contributed by atoms with Gasteiger partial charge in [0.15, 0.2) is 17.3 Å². The molecule has 0 radical (unpaired) electrons. The zero-order valence-corrected chi connectivity index (χ0v) is 10.3. The molecule has 0 atom stereocenters. The van der Waals surface area contributed by atoms with E-state index in [1.54, 1.807) is 0 Å². The fraction of sp³-hybridized carbons (Fsp3) is 0.417. The largest absolute Gasteiger partial charge is 0.493 e. The molecule has 18 heavy (non-hydrogen) atoms. The first-order chi connectivity index (χ1) is 8.58. The van der Waals surface area contributed by atoms with E-state index < -0.39 is 4.92 Å². The van der Waals surface area contributed by atoms with Crippen molar-refractivity contribution in [1.82, 2.24) is 0 Å². The average molecular weight is 253 g/mol. The summed E-state index contributed by atoms with van der Waals surface area (Å²) in [6.07, 6.45) is 1.22. The molecule has 0 aliphatic heterocycles. The van der Waals surface area contributed by atoms with Crippen LogP contribution in [0, 0.1) is 10.1 Å². The van der Waals surface area contributed by atoms with Gasteiger partial charge in [-0.1, -0.05) is 6.92 Å². The van der Waals surface area contributed by atoms with Crippen molar-refractivity contribution < 1.29 is 19.2 Å². The monoisotopic (exact) mass is 253 g/mol. The first-order valence-corrected chi connectivity index (χ1v) is 5.55. The van der Waals surface area contributed by atoms with Crippen LogP contribution in [-0.4, -0.2) is 24.4 Å². The van der Waals surface area contributed by atoms with Gasteiger partial charge in [0.25, 0.3) is 5.69 Å². The quantitative estimate of drug-likeness (QED) is 0.550. The van der Waals surface area contributed by atoms with E-state index in [1.165, 1.54) is 25.3 Å². The number of hydrogen-bond acceptors (Lipinski definition) is 5. The Morgan fingerprint density at radius 3 is 2.67 bits per heavy atom. The zero-order valence-electron chi connectivity index (χ0n) is 10.3. The molecule has 0 amide bonds. The number of Topliss-reactive ketones (excluding diaryl/α,β-unsaturated/α-hetero) is 1. The van der Waals surface area contributed by atoms with Gasteiger partial charge in [0, 0.05) is 12.5 Å². The minimum absolute atomic E-state index is 0.0158. The van der Waals surface area contributed by atoms with Gasteiger partial charge in [-0.2, -0.15) is 0 Å². The summed E-state index contributed by atoms with van der Waals surface area (Å²) in [5.41, 5.74) is -0.0842. The maximum absolute atomic E-state index is 11.3. The Labute approximate surface area is 105 Å². The standard InChI is InChI=1S/C12H15NO5/c1-3-4-10(14)8-18-11-6-5-9(13(15)16)7-12(11)17-2/h5-7H,3-4,8H2,1-2H3. The van der Waals surface area contributed by atoms with Gasteiger partial charge in [-0.3, -0.25) is 14.9 Å². The Kier molecular flexibility index (Phi) is 5.10. The summed E-state index contributed by atoms with van der Waals surface area (Å²) in [5, 5.41) is 10.6. The van der Waals surface area contributed by atoms with E-state index in [0.29, 0.717) is 12.2 Å². The van der Waals surface area contributed by atoms with Crippen molar-refractivity contribution in [3.63, 3.8) is 0 Å². The zero-order chi connectivity index (χ0) is 13.5. The highest BCUT2D eigenvalue weighted by Gasteiger charge is 2.13. The molecule has 0 spiro atoms. The fourth-order valence-corrected chi connectivity index (χ4v) is 1.40. The smallest absolute Gasteiger partial charge is 0.273 e. The number of ketones is 1. The van der Waals surface area contributed by atoms with Crippen LogP contribution in [0.15, 0.2) is 18.2 Å². The van der Waals surface area contributed by atoms with E-state index in [1.807, 2.05) is 6.92 Å². The van der Waals surface area contributed by atoms with Gasteiger partial charge in [-0.15, -0.1) is 0 Å². The second-order valence-corrected chi connectivity index (χ2v) is 3.67. The van der Waals surface area contributed by atoms with Crippen molar-refractivity contribution in [2.24, 2.45) is 0 Å². The van der Waals surface area contributed by atoms with Crippen LogP contribution in [-0.2, 0) is 4.79 Å². The number of ether oxygens (including phenoxy) is 2. The third-order valence-corrected chi connectivity index (χ3v) is 2.28. The molecule has 1 aromatic rings. The number of benzene rings is 1. The van der Waals surface area contributed by atoms with E-state index in [9.17, 15) is 14.9 Å². The van der Waals surface area contributed by atoms with Crippen LogP contribution in [0.3, 0.4) is 0 Å². The van der Waals surface area contributed by atoms with E-state index in [0.717, 1.165) is 6.42 Å². The van der Waals surface area contributed by atoms with E-state index >= 15 is 0 Å². The maximum atomic E-state index is 11.3. The third-order valence-electron chi connectivity index (χ3n) is 2.28. The van der Waals surface area contributed by atoms with Gasteiger partial charge < -0.3 is 9.47 Å². The van der Waals surface area contributed by atoms with Crippen LogP contribution < -0.4 is 9.47 Å². The minimum Gasteiger partial charge on any atom is -0.493 e. The molecule has 98 valence electrons. The Morgan fingerprint density at radius 2 is 2.11 bits per heavy atom. The van der Waals surface area contributed by atoms with Crippen LogP contribution in [0.1, 0.15) is 19.8 Å². The highest BCUT2D eigenvalue weighted by Crippen LogP contribution is 2.31. The van der Waals surface area contributed by atoms with Crippen molar-refractivity contribution in [3.05, 3.63) is 28.3 Å². The summed E-state index contributed by atoms with van der Waals surface area (Å²) in [5.74, 6) is 0.555. The molecule has 0 unspecified atom stereocenters. The predicted octanol–water partition coefficient (Wildman–Crippen LogP) is 2.35. The van der Waals surface area contributed by atoms with Gasteiger partial charge in [-0.25, -0.2) is 0 Å². The first-order valence-electron chi connectivity index (χ1n) is 5.55. The molecule has 6 nitrogen and oxygen atoms in total. The summed E-state index contributed by atoms with van der Waals surface area (Å²) >= 11 is 0. The van der Waals surface area contributed by atoms with Gasteiger partial charge >= 0.3 is 0 Å². The van der Waals surface area contributed by atoms with Crippen LogP contribution in [0.2, 0.25) is 0 Å². The Morgan fingerprint density at radius 1 is 1.39 bits per heavy atom. The van der Waals surface area contributed by atoms with E-state index in [-0.39, 0.29) is 23.8 Å². The number of nitrogens with zero attached hydrogens (tertiary/aromatic N) is 1. The third kappa shape index (κ3) is 3.73. The molecule has 6 heteroatoms. The summed E-state index contributed by atoms with van der Waals surface area (Å²) in [7, 11) is 1.39. The van der Waals surface area contributed by atoms with Crippen LogP contribution in [0.5, 0.6) is 11.5 Å². The molecule has 0 saturated heterocycles. The Hall–Kier alpha value is -2.11. The molecule has 0 fully saturated rings. The number of nitro groups is 1. The average Bonchev–Trinajstić information content (AvgIpc) is 2.36. The van der Waals surface area contributed by atoms with Crippen LogP contribution in [0.4, 0.5) is 5.69 Å². The van der Waals surface area contributed by atoms with E-state index in [4.69, 9.17) is 9.47 Å². The van der Waals surface area contributed by atoms with Crippen molar-refractivity contribution in [2.75, 3.05) is 13.7 Å². The van der Waals surface area contributed by atoms with Gasteiger partial charge in [0.05, 0.1) is 18.1 Å². The van der Waals surface area contributed by atoms with Crippen molar-refractivity contribution in [1.29, 1.82) is 0 Å². The molecular formula is C12H15NO5. The van der Waals surface area contributed by atoms with Crippen LogP contribution >= 0.6 is 0 Å². The Balaban J connectivity index is 2.76. The maximum Gasteiger partial charge on any atom is 0.273 e. The molecule has 0 aliphatic carbocycles. The number of hydrogen-bond donors (Lipinski definition) is 0. The lowest BCUT2D eigenvalue weighted by atomic mass is 10.2. The normalized spacial score (nSPS) is 9.89. The molecule has 0 saturated carbocycles. The molecule has 1 aromatic carbocycles. The number of nitro benzene ring substituents is 1. The lowest BCUT2D eigenvalue weighted by Crippen LogP contribution is -2.11. The molecular weight excluding hydrogens is 238 g/mol. The lowest BCUT2D eigenvalue weighted by molar-refractivity contribution is -0.384. The summed E-state index contributed by atoms with van der Waals surface area (Å²) in [6, 6.07) is 4.00.